The van der Waals surface area contributed by atoms with Crippen molar-refractivity contribution in [2.75, 3.05) is 6.61 Å². The summed E-state index contributed by atoms with van der Waals surface area (Å²) in [5.74, 6) is -2.70. The quantitative estimate of drug-likeness (QED) is 0.148. The fourth-order valence-electron chi connectivity index (χ4n) is 3.39. The maximum absolute atomic E-state index is 13.8. The number of halogens is 3. The summed E-state index contributed by atoms with van der Waals surface area (Å²) in [5.41, 5.74) is 0.300. The van der Waals surface area contributed by atoms with Crippen LogP contribution in [0.25, 0.3) is 22.1 Å². The number of carbonyl (C=O) groups excluding carboxylic acids is 1. The molecule has 0 saturated carbocycles. The Kier molecular flexibility index (Phi) is 7.28. The van der Waals surface area contributed by atoms with Gasteiger partial charge in [-0.15, -0.1) is 0 Å². The summed E-state index contributed by atoms with van der Waals surface area (Å²) in [4.78, 5) is 24.7. The summed E-state index contributed by atoms with van der Waals surface area (Å²) in [6.07, 6.45) is -4.60. The number of ether oxygens (including phenoxy) is 3. The SMILES string of the molecule is CCCCOC(=O)Oc1ccc2c(=O)c(Oc3ccc(-c4ccccc4)cc3)c(C(F)(F)F)oc2c1. The predicted octanol–water partition coefficient (Wildman–Crippen LogP) is 7.59. The minimum absolute atomic E-state index is 0.0293. The van der Waals surface area contributed by atoms with Gasteiger partial charge >= 0.3 is 12.3 Å². The first-order chi connectivity index (χ1) is 17.3. The second-order valence-corrected chi connectivity index (χ2v) is 7.79. The van der Waals surface area contributed by atoms with Gasteiger partial charge in [-0.3, -0.25) is 4.79 Å². The van der Waals surface area contributed by atoms with Crippen LogP contribution in [0.4, 0.5) is 18.0 Å². The van der Waals surface area contributed by atoms with E-state index >= 15 is 0 Å². The number of rotatable bonds is 7. The van der Waals surface area contributed by atoms with Crippen molar-refractivity contribution in [2.45, 2.75) is 25.9 Å². The molecule has 186 valence electrons. The molecular formula is C27H21F3O6. The highest BCUT2D eigenvalue weighted by molar-refractivity contribution is 5.80. The van der Waals surface area contributed by atoms with Crippen LogP contribution in [0.1, 0.15) is 25.5 Å². The molecule has 0 saturated heterocycles. The topological polar surface area (TPSA) is 75.0 Å². The molecule has 0 unspecified atom stereocenters. The lowest BCUT2D eigenvalue weighted by atomic mass is 10.1. The molecule has 0 aliphatic carbocycles. The molecule has 0 aliphatic heterocycles. The van der Waals surface area contributed by atoms with Crippen LogP contribution in [-0.2, 0) is 10.9 Å². The monoisotopic (exact) mass is 498 g/mol. The Morgan fingerprint density at radius 1 is 0.917 bits per heavy atom. The third-order valence-corrected chi connectivity index (χ3v) is 5.18. The molecule has 4 rings (SSSR count). The van der Waals surface area contributed by atoms with E-state index in [-0.39, 0.29) is 23.5 Å². The highest BCUT2D eigenvalue weighted by Gasteiger charge is 2.40. The van der Waals surface area contributed by atoms with Crippen LogP contribution in [-0.4, -0.2) is 12.8 Å². The van der Waals surface area contributed by atoms with Gasteiger partial charge in [-0.25, -0.2) is 4.79 Å². The Bertz CT molecular complexity index is 1410. The molecule has 0 N–H and O–H groups in total. The summed E-state index contributed by atoms with van der Waals surface area (Å²) in [6.45, 7) is 2.05. The van der Waals surface area contributed by atoms with Crippen molar-refractivity contribution in [3.05, 3.63) is 88.8 Å². The average Bonchev–Trinajstić information content (AvgIpc) is 2.86. The van der Waals surface area contributed by atoms with E-state index in [0.717, 1.165) is 23.6 Å². The Hall–Kier alpha value is -4.27. The normalized spacial score (nSPS) is 11.3. The molecule has 0 bridgehead atoms. The molecule has 0 spiro atoms. The smallest absolute Gasteiger partial charge is 0.449 e. The Morgan fingerprint density at radius 2 is 1.58 bits per heavy atom. The van der Waals surface area contributed by atoms with E-state index in [0.29, 0.717) is 6.42 Å². The number of benzene rings is 3. The molecule has 0 radical (unpaired) electrons. The number of hydrogen-bond donors (Lipinski definition) is 0. The van der Waals surface area contributed by atoms with Crippen LogP contribution in [0, 0.1) is 0 Å². The summed E-state index contributed by atoms with van der Waals surface area (Å²) >= 11 is 0. The number of fused-ring (bicyclic) bond motifs is 1. The lowest BCUT2D eigenvalue weighted by Gasteiger charge is -2.14. The van der Waals surface area contributed by atoms with Gasteiger partial charge in [-0.1, -0.05) is 55.8 Å². The molecule has 0 amide bonds. The van der Waals surface area contributed by atoms with Gasteiger partial charge < -0.3 is 18.6 Å². The van der Waals surface area contributed by atoms with Crippen LogP contribution in [0.5, 0.6) is 17.2 Å². The summed E-state index contributed by atoms with van der Waals surface area (Å²) in [5, 5.41) is -0.175. The average molecular weight is 498 g/mol. The van der Waals surface area contributed by atoms with Crippen LogP contribution in [0.3, 0.4) is 0 Å². The molecule has 3 aromatic carbocycles. The first-order valence-corrected chi connectivity index (χ1v) is 11.1. The number of unbranched alkanes of at least 4 members (excludes halogenated alkanes) is 1. The second kappa shape index (κ2) is 10.6. The first kappa shape index (κ1) is 24.8. The summed E-state index contributed by atoms with van der Waals surface area (Å²) in [7, 11) is 0. The highest BCUT2D eigenvalue weighted by atomic mass is 19.4. The fourth-order valence-corrected chi connectivity index (χ4v) is 3.39. The van der Waals surface area contributed by atoms with E-state index in [1.165, 1.54) is 24.3 Å². The number of carbonyl (C=O) groups is 1. The van der Waals surface area contributed by atoms with Gasteiger partial charge in [0, 0.05) is 6.07 Å². The molecule has 1 heterocycles. The lowest BCUT2D eigenvalue weighted by molar-refractivity contribution is -0.154. The minimum Gasteiger partial charge on any atom is -0.449 e. The zero-order valence-electron chi connectivity index (χ0n) is 19.1. The van der Waals surface area contributed by atoms with Crippen LogP contribution in [0.15, 0.2) is 82.0 Å². The van der Waals surface area contributed by atoms with E-state index in [1.54, 1.807) is 12.1 Å². The van der Waals surface area contributed by atoms with Crippen molar-refractivity contribution in [3.8, 4) is 28.4 Å². The van der Waals surface area contributed by atoms with Gasteiger partial charge in [0.1, 0.15) is 17.1 Å². The van der Waals surface area contributed by atoms with Gasteiger partial charge in [0.05, 0.1) is 12.0 Å². The molecular weight excluding hydrogens is 477 g/mol. The van der Waals surface area contributed by atoms with Gasteiger partial charge in [-0.2, -0.15) is 13.2 Å². The molecule has 1 aromatic heterocycles. The van der Waals surface area contributed by atoms with Crippen molar-refractivity contribution in [2.24, 2.45) is 0 Å². The van der Waals surface area contributed by atoms with Gasteiger partial charge in [0.15, 0.2) is 0 Å². The summed E-state index contributed by atoms with van der Waals surface area (Å²) in [6, 6.07) is 19.1. The molecule has 0 fully saturated rings. The van der Waals surface area contributed by atoms with Crippen LogP contribution >= 0.6 is 0 Å². The largest absolute Gasteiger partial charge is 0.513 e. The lowest BCUT2D eigenvalue weighted by Crippen LogP contribution is -2.16. The third kappa shape index (κ3) is 5.68. The van der Waals surface area contributed by atoms with E-state index in [2.05, 4.69) is 0 Å². The van der Waals surface area contributed by atoms with Crippen LogP contribution < -0.4 is 14.9 Å². The van der Waals surface area contributed by atoms with E-state index in [1.807, 2.05) is 37.3 Å². The third-order valence-electron chi connectivity index (χ3n) is 5.18. The minimum atomic E-state index is -5.03. The van der Waals surface area contributed by atoms with Crippen molar-refractivity contribution in [3.63, 3.8) is 0 Å². The van der Waals surface area contributed by atoms with E-state index in [9.17, 15) is 22.8 Å². The number of hydrogen-bond acceptors (Lipinski definition) is 6. The van der Waals surface area contributed by atoms with Gasteiger partial charge in [0.25, 0.3) is 5.76 Å². The van der Waals surface area contributed by atoms with Crippen LogP contribution in [0.2, 0.25) is 0 Å². The fraction of sp³-hybridized carbons (Fsp3) is 0.185. The molecule has 6 nitrogen and oxygen atoms in total. The van der Waals surface area contributed by atoms with Crippen molar-refractivity contribution in [1.29, 1.82) is 0 Å². The van der Waals surface area contributed by atoms with Crippen molar-refractivity contribution in [1.82, 2.24) is 0 Å². The predicted molar refractivity (Wildman–Crippen MR) is 126 cm³/mol. The Morgan fingerprint density at radius 3 is 2.25 bits per heavy atom. The van der Waals surface area contributed by atoms with Crippen molar-refractivity contribution >= 4 is 17.1 Å². The number of alkyl halides is 3. The van der Waals surface area contributed by atoms with E-state index in [4.69, 9.17) is 18.6 Å². The molecule has 0 aliphatic rings. The maximum Gasteiger partial charge on any atom is 0.513 e. The first-order valence-electron chi connectivity index (χ1n) is 11.1. The second-order valence-electron chi connectivity index (χ2n) is 7.79. The zero-order valence-corrected chi connectivity index (χ0v) is 19.1. The standard InChI is InChI=1S/C27H21F3O6/c1-2-3-15-33-26(32)35-20-13-14-21-22(16-20)36-25(27(28,29)30)24(23(21)31)34-19-11-9-18(10-12-19)17-7-5-4-6-8-17/h4-14,16H,2-3,15H2,1H3. The van der Waals surface area contributed by atoms with Crippen molar-refractivity contribution < 1.29 is 36.6 Å². The molecule has 9 heteroatoms. The highest BCUT2D eigenvalue weighted by Crippen LogP contribution is 2.39. The Labute approximate surface area is 203 Å². The zero-order chi connectivity index (χ0) is 25.7. The Balaban J connectivity index is 1.65. The van der Waals surface area contributed by atoms with Gasteiger partial charge in [0.2, 0.25) is 11.2 Å². The molecule has 4 aromatic rings. The van der Waals surface area contributed by atoms with E-state index < -0.39 is 34.9 Å². The summed E-state index contributed by atoms with van der Waals surface area (Å²) < 4.78 is 61.7. The molecule has 36 heavy (non-hydrogen) atoms. The maximum atomic E-state index is 13.8. The molecule has 0 atom stereocenters. The van der Waals surface area contributed by atoms with Gasteiger partial charge in [-0.05, 0) is 41.8 Å².